The van der Waals surface area contributed by atoms with Gasteiger partial charge in [-0.2, -0.15) is 0 Å². The SMILES string of the molecule is CC(C)(C)OC(=O)N[C@H]1CC[C@H](C(=O)NNC(=O)c2ccc(Cl)c(F)c2)CC1. The molecule has 0 aliphatic heterocycles. The summed E-state index contributed by atoms with van der Waals surface area (Å²) in [6, 6.07) is 3.58. The van der Waals surface area contributed by atoms with Crippen LogP contribution in [0, 0.1) is 11.7 Å². The molecule has 0 unspecified atom stereocenters. The van der Waals surface area contributed by atoms with E-state index >= 15 is 0 Å². The van der Waals surface area contributed by atoms with Crippen molar-refractivity contribution in [3.05, 3.63) is 34.6 Å². The quantitative estimate of drug-likeness (QED) is 0.662. The van der Waals surface area contributed by atoms with Crippen LogP contribution in [-0.2, 0) is 9.53 Å². The summed E-state index contributed by atoms with van der Waals surface area (Å²) >= 11 is 5.58. The van der Waals surface area contributed by atoms with Crippen molar-refractivity contribution in [2.24, 2.45) is 5.92 Å². The second-order valence-electron chi connectivity index (χ2n) is 7.77. The second kappa shape index (κ2) is 9.23. The summed E-state index contributed by atoms with van der Waals surface area (Å²) in [5.41, 5.74) is 4.12. The highest BCUT2D eigenvalue weighted by Crippen LogP contribution is 2.24. The normalized spacial score (nSPS) is 19.5. The number of hydrogen-bond donors (Lipinski definition) is 3. The van der Waals surface area contributed by atoms with Gasteiger partial charge in [-0.25, -0.2) is 9.18 Å². The molecule has 3 amide bonds. The van der Waals surface area contributed by atoms with Gasteiger partial charge in [0, 0.05) is 17.5 Å². The zero-order valence-corrected chi connectivity index (χ0v) is 16.9. The van der Waals surface area contributed by atoms with Crippen molar-refractivity contribution in [2.75, 3.05) is 0 Å². The molecule has 1 aromatic rings. The fourth-order valence-electron chi connectivity index (χ4n) is 2.90. The van der Waals surface area contributed by atoms with Gasteiger partial charge in [0.1, 0.15) is 11.4 Å². The molecule has 0 radical (unpaired) electrons. The molecule has 7 nitrogen and oxygen atoms in total. The van der Waals surface area contributed by atoms with Crippen LogP contribution in [0.25, 0.3) is 0 Å². The van der Waals surface area contributed by atoms with Crippen molar-refractivity contribution in [3.63, 3.8) is 0 Å². The molecule has 0 heterocycles. The van der Waals surface area contributed by atoms with Crippen molar-refractivity contribution in [3.8, 4) is 0 Å². The molecule has 1 saturated carbocycles. The molecule has 0 bridgehead atoms. The summed E-state index contributed by atoms with van der Waals surface area (Å²) in [7, 11) is 0. The Hall–Kier alpha value is -2.35. The van der Waals surface area contributed by atoms with Crippen LogP contribution in [0.3, 0.4) is 0 Å². The Balaban J connectivity index is 1.75. The molecule has 2 rings (SSSR count). The Bertz CT molecular complexity index is 743. The first-order chi connectivity index (χ1) is 13.0. The molecular weight excluding hydrogens is 389 g/mol. The highest BCUT2D eigenvalue weighted by atomic mass is 35.5. The third-order valence-electron chi connectivity index (χ3n) is 4.30. The summed E-state index contributed by atoms with van der Waals surface area (Å²) in [4.78, 5) is 36.0. The van der Waals surface area contributed by atoms with E-state index in [-0.39, 0.29) is 28.5 Å². The Kier molecular flexibility index (Phi) is 7.23. The van der Waals surface area contributed by atoms with E-state index in [4.69, 9.17) is 16.3 Å². The number of hydrazine groups is 1. The molecule has 1 aliphatic carbocycles. The van der Waals surface area contributed by atoms with E-state index in [1.165, 1.54) is 12.1 Å². The summed E-state index contributed by atoms with van der Waals surface area (Å²) in [5, 5.41) is 2.72. The molecule has 0 saturated heterocycles. The maximum absolute atomic E-state index is 13.4. The van der Waals surface area contributed by atoms with Gasteiger partial charge in [0.2, 0.25) is 5.91 Å². The van der Waals surface area contributed by atoms with E-state index in [1.54, 1.807) is 20.8 Å². The van der Waals surface area contributed by atoms with Crippen molar-refractivity contribution in [1.29, 1.82) is 0 Å². The highest BCUT2D eigenvalue weighted by molar-refractivity contribution is 6.30. The van der Waals surface area contributed by atoms with E-state index < -0.39 is 23.4 Å². The Morgan fingerprint density at radius 3 is 2.32 bits per heavy atom. The molecule has 154 valence electrons. The van der Waals surface area contributed by atoms with Crippen LogP contribution in [0.4, 0.5) is 9.18 Å². The molecule has 1 aliphatic rings. The maximum Gasteiger partial charge on any atom is 0.407 e. The molecular formula is C19H25ClFN3O4. The van der Waals surface area contributed by atoms with E-state index in [0.29, 0.717) is 25.7 Å². The van der Waals surface area contributed by atoms with Gasteiger partial charge in [-0.05, 0) is 64.7 Å². The number of halogens is 2. The van der Waals surface area contributed by atoms with Gasteiger partial charge in [-0.3, -0.25) is 20.4 Å². The van der Waals surface area contributed by atoms with Crippen LogP contribution in [0.15, 0.2) is 18.2 Å². The van der Waals surface area contributed by atoms with Gasteiger partial charge in [0.25, 0.3) is 5.91 Å². The van der Waals surface area contributed by atoms with Crippen LogP contribution in [0.2, 0.25) is 5.02 Å². The molecule has 9 heteroatoms. The Morgan fingerprint density at radius 2 is 1.75 bits per heavy atom. The zero-order valence-electron chi connectivity index (χ0n) is 16.1. The predicted octanol–water partition coefficient (Wildman–Crippen LogP) is 3.32. The second-order valence-corrected chi connectivity index (χ2v) is 8.17. The van der Waals surface area contributed by atoms with E-state index in [2.05, 4.69) is 16.2 Å². The third kappa shape index (κ3) is 6.67. The average molecular weight is 414 g/mol. The molecule has 0 spiro atoms. The minimum atomic E-state index is -0.712. The van der Waals surface area contributed by atoms with Gasteiger partial charge in [-0.1, -0.05) is 11.6 Å². The Labute approximate surface area is 168 Å². The number of hydrogen-bond acceptors (Lipinski definition) is 4. The number of rotatable bonds is 3. The molecule has 3 N–H and O–H groups in total. The standard InChI is InChI=1S/C19H25ClFN3O4/c1-19(2,3)28-18(27)22-13-7-4-11(5-8-13)16(25)23-24-17(26)12-6-9-14(20)15(21)10-12/h6,9-11,13H,4-5,7-8H2,1-3H3,(H,22,27)(H,23,25)(H,24,26)/t11-,13-. The van der Waals surface area contributed by atoms with Crippen LogP contribution < -0.4 is 16.2 Å². The number of carbonyl (C=O) groups excluding carboxylic acids is 3. The first-order valence-electron chi connectivity index (χ1n) is 9.10. The van der Waals surface area contributed by atoms with Crippen LogP contribution >= 0.6 is 11.6 Å². The van der Waals surface area contributed by atoms with Crippen LogP contribution in [-0.4, -0.2) is 29.6 Å². The fraction of sp³-hybridized carbons (Fsp3) is 0.526. The van der Waals surface area contributed by atoms with Crippen molar-refractivity contribution in [2.45, 2.75) is 58.1 Å². The lowest BCUT2D eigenvalue weighted by Gasteiger charge is -2.29. The molecule has 0 atom stereocenters. The summed E-state index contributed by atoms with van der Waals surface area (Å²) in [6.07, 6.45) is 1.93. The minimum Gasteiger partial charge on any atom is -0.444 e. The van der Waals surface area contributed by atoms with E-state index in [9.17, 15) is 18.8 Å². The lowest BCUT2D eigenvalue weighted by Crippen LogP contribution is -2.47. The monoisotopic (exact) mass is 413 g/mol. The number of nitrogens with one attached hydrogen (secondary N) is 3. The molecule has 28 heavy (non-hydrogen) atoms. The first kappa shape index (κ1) is 21.9. The van der Waals surface area contributed by atoms with Crippen molar-refractivity contribution < 1.29 is 23.5 Å². The van der Waals surface area contributed by atoms with Gasteiger partial charge >= 0.3 is 6.09 Å². The number of ether oxygens (including phenoxy) is 1. The summed E-state index contributed by atoms with van der Waals surface area (Å²) in [5.74, 6) is -1.95. The van der Waals surface area contributed by atoms with E-state index in [1.807, 2.05) is 0 Å². The van der Waals surface area contributed by atoms with Crippen LogP contribution in [0.5, 0.6) is 0 Å². The molecule has 1 aromatic carbocycles. The van der Waals surface area contributed by atoms with Crippen LogP contribution in [0.1, 0.15) is 56.8 Å². The maximum atomic E-state index is 13.4. The zero-order chi connectivity index (χ0) is 20.9. The van der Waals surface area contributed by atoms with Crippen molar-refractivity contribution >= 4 is 29.5 Å². The number of carbonyl (C=O) groups is 3. The number of amides is 3. The minimum absolute atomic E-state index is 0.0486. The molecule has 1 fully saturated rings. The average Bonchev–Trinajstić information content (AvgIpc) is 2.60. The largest absolute Gasteiger partial charge is 0.444 e. The highest BCUT2D eigenvalue weighted by Gasteiger charge is 2.28. The third-order valence-corrected chi connectivity index (χ3v) is 4.61. The lowest BCUT2D eigenvalue weighted by atomic mass is 9.85. The molecule has 0 aromatic heterocycles. The summed E-state index contributed by atoms with van der Waals surface area (Å²) < 4.78 is 18.6. The first-order valence-corrected chi connectivity index (χ1v) is 9.47. The summed E-state index contributed by atoms with van der Waals surface area (Å²) in [6.45, 7) is 5.38. The number of alkyl carbamates (subject to hydrolysis) is 1. The Morgan fingerprint density at radius 1 is 1.11 bits per heavy atom. The number of benzene rings is 1. The fourth-order valence-corrected chi connectivity index (χ4v) is 3.02. The predicted molar refractivity (Wildman–Crippen MR) is 102 cm³/mol. The van der Waals surface area contributed by atoms with Gasteiger partial charge < -0.3 is 10.1 Å². The lowest BCUT2D eigenvalue weighted by molar-refractivity contribution is -0.126. The van der Waals surface area contributed by atoms with Gasteiger partial charge in [0.15, 0.2) is 0 Å². The topological polar surface area (TPSA) is 96.5 Å². The smallest absolute Gasteiger partial charge is 0.407 e. The van der Waals surface area contributed by atoms with Gasteiger partial charge in [-0.15, -0.1) is 0 Å². The van der Waals surface area contributed by atoms with Crippen molar-refractivity contribution in [1.82, 2.24) is 16.2 Å². The van der Waals surface area contributed by atoms with E-state index in [0.717, 1.165) is 6.07 Å². The van der Waals surface area contributed by atoms with Gasteiger partial charge in [0.05, 0.1) is 5.02 Å².